The number of ether oxygens (including phenoxy) is 2. The molecule has 4 heteroatoms. The van der Waals surface area contributed by atoms with Gasteiger partial charge in [-0.1, -0.05) is 62.4 Å². The van der Waals surface area contributed by atoms with E-state index in [0.717, 1.165) is 12.0 Å². The average molecular weight is 290 g/mol. The second-order valence-electron chi connectivity index (χ2n) is 5.54. The van der Waals surface area contributed by atoms with Gasteiger partial charge in [-0.15, -0.1) is 0 Å². The normalized spacial score (nSPS) is 15.4. The second kappa shape index (κ2) is 8.45. The van der Waals surface area contributed by atoms with Crippen molar-refractivity contribution in [1.82, 2.24) is 0 Å². The smallest absolute Gasteiger partial charge is 0.429 e. The van der Waals surface area contributed by atoms with Crippen molar-refractivity contribution in [2.75, 3.05) is 0 Å². The highest BCUT2D eigenvalue weighted by atomic mass is 16.7. The standard InChI is InChI=1S/C17H22O4/c18-16(12-11-14-7-3-1-4-8-14)21-17(19)20-13-15-9-5-2-6-10-15/h2,5-6,9-10,14H,1,3-4,7-8,11-13H2. The Morgan fingerprint density at radius 1 is 1.05 bits per heavy atom. The van der Waals surface area contributed by atoms with E-state index < -0.39 is 12.1 Å². The molecule has 1 aliphatic carbocycles. The molecular formula is C17H22O4. The molecule has 21 heavy (non-hydrogen) atoms. The van der Waals surface area contributed by atoms with Crippen LogP contribution in [0.15, 0.2) is 30.3 Å². The van der Waals surface area contributed by atoms with Crippen LogP contribution in [0.1, 0.15) is 50.5 Å². The van der Waals surface area contributed by atoms with E-state index in [-0.39, 0.29) is 6.61 Å². The van der Waals surface area contributed by atoms with E-state index >= 15 is 0 Å². The van der Waals surface area contributed by atoms with Crippen LogP contribution < -0.4 is 0 Å². The molecule has 1 aliphatic rings. The zero-order chi connectivity index (χ0) is 14.9. The third-order valence-electron chi connectivity index (χ3n) is 3.88. The first-order valence-electron chi connectivity index (χ1n) is 7.65. The monoisotopic (exact) mass is 290 g/mol. The first-order valence-corrected chi connectivity index (χ1v) is 7.65. The van der Waals surface area contributed by atoms with Crippen molar-refractivity contribution in [2.45, 2.75) is 51.6 Å². The van der Waals surface area contributed by atoms with Gasteiger partial charge in [0.25, 0.3) is 0 Å². The fourth-order valence-electron chi connectivity index (χ4n) is 2.69. The number of hydrogen-bond donors (Lipinski definition) is 0. The maximum Gasteiger partial charge on any atom is 0.516 e. The van der Waals surface area contributed by atoms with Gasteiger partial charge in [0, 0.05) is 6.42 Å². The Hall–Kier alpha value is -1.84. The highest BCUT2D eigenvalue weighted by molar-refractivity contribution is 5.81. The summed E-state index contributed by atoms with van der Waals surface area (Å²) < 4.78 is 9.57. The van der Waals surface area contributed by atoms with Crippen molar-refractivity contribution in [3.8, 4) is 0 Å². The highest BCUT2D eigenvalue weighted by Crippen LogP contribution is 2.27. The number of carbonyl (C=O) groups is 2. The summed E-state index contributed by atoms with van der Waals surface area (Å²) in [5.74, 6) is 0.116. The highest BCUT2D eigenvalue weighted by Gasteiger charge is 2.17. The van der Waals surface area contributed by atoms with Gasteiger partial charge in [-0.2, -0.15) is 0 Å². The lowest BCUT2D eigenvalue weighted by Gasteiger charge is -2.20. The lowest BCUT2D eigenvalue weighted by molar-refractivity contribution is -0.140. The maximum absolute atomic E-state index is 11.6. The molecule has 0 aliphatic heterocycles. The van der Waals surface area contributed by atoms with Gasteiger partial charge in [-0.25, -0.2) is 4.79 Å². The number of carbonyl (C=O) groups excluding carboxylic acids is 2. The van der Waals surface area contributed by atoms with Gasteiger partial charge in [-0.05, 0) is 17.9 Å². The van der Waals surface area contributed by atoms with E-state index in [4.69, 9.17) is 4.74 Å². The lowest BCUT2D eigenvalue weighted by Crippen LogP contribution is -2.15. The number of esters is 1. The van der Waals surface area contributed by atoms with Crippen LogP contribution in [0, 0.1) is 5.92 Å². The van der Waals surface area contributed by atoms with Crippen LogP contribution in [-0.4, -0.2) is 12.1 Å². The molecule has 1 aromatic carbocycles. The molecule has 2 rings (SSSR count). The summed E-state index contributed by atoms with van der Waals surface area (Å²) in [4.78, 5) is 23.0. The Morgan fingerprint density at radius 2 is 1.76 bits per heavy atom. The van der Waals surface area contributed by atoms with E-state index in [9.17, 15) is 9.59 Å². The van der Waals surface area contributed by atoms with Gasteiger partial charge >= 0.3 is 12.1 Å². The summed E-state index contributed by atoms with van der Waals surface area (Å²) >= 11 is 0. The Bertz CT molecular complexity index is 449. The van der Waals surface area contributed by atoms with Crippen LogP contribution in [0.2, 0.25) is 0 Å². The van der Waals surface area contributed by atoms with Crippen LogP contribution in [0.4, 0.5) is 4.79 Å². The molecule has 0 heterocycles. The van der Waals surface area contributed by atoms with Crippen LogP contribution in [0.3, 0.4) is 0 Å². The summed E-state index contributed by atoms with van der Waals surface area (Å²) in [5, 5.41) is 0. The Morgan fingerprint density at radius 3 is 2.48 bits per heavy atom. The second-order valence-corrected chi connectivity index (χ2v) is 5.54. The van der Waals surface area contributed by atoms with Crippen LogP contribution in [0.25, 0.3) is 0 Å². The van der Waals surface area contributed by atoms with E-state index in [0.29, 0.717) is 12.3 Å². The van der Waals surface area contributed by atoms with Crippen molar-refractivity contribution in [1.29, 1.82) is 0 Å². The van der Waals surface area contributed by atoms with Crippen molar-refractivity contribution in [3.05, 3.63) is 35.9 Å². The quantitative estimate of drug-likeness (QED) is 0.601. The summed E-state index contributed by atoms with van der Waals surface area (Å²) in [6.07, 6.45) is 6.37. The predicted octanol–water partition coefficient (Wildman–Crippen LogP) is 4.23. The van der Waals surface area contributed by atoms with Crippen LogP contribution in [0.5, 0.6) is 0 Å². The molecule has 0 spiro atoms. The lowest BCUT2D eigenvalue weighted by atomic mass is 9.86. The molecule has 0 atom stereocenters. The van der Waals surface area contributed by atoms with E-state index in [1.807, 2.05) is 30.3 Å². The molecule has 1 saturated carbocycles. The molecule has 0 bridgehead atoms. The van der Waals surface area contributed by atoms with Crippen LogP contribution >= 0.6 is 0 Å². The summed E-state index contributed by atoms with van der Waals surface area (Å²) in [6, 6.07) is 9.30. The van der Waals surface area contributed by atoms with Crippen molar-refractivity contribution >= 4 is 12.1 Å². The van der Waals surface area contributed by atoms with Gasteiger partial charge in [0.2, 0.25) is 0 Å². The van der Waals surface area contributed by atoms with E-state index in [1.54, 1.807) is 0 Å². The fraction of sp³-hybridized carbons (Fsp3) is 0.529. The van der Waals surface area contributed by atoms with E-state index in [2.05, 4.69) is 4.74 Å². The third-order valence-corrected chi connectivity index (χ3v) is 3.88. The molecule has 1 aromatic rings. The molecular weight excluding hydrogens is 268 g/mol. The SMILES string of the molecule is O=C(CCC1CCCCC1)OC(=O)OCc1ccccc1. The van der Waals surface area contributed by atoms with Gasteiger partial charge in [0.1, 0.15) is 6.61 Å². The minimum atomic E-state index is -0.910. The van der Waals surface area contributed by atoms with Crippen molar-refractivity contribution in [2.24, 2.45) is 5.92 Å². The Labute approximate surface area is 125 Å². The summed E-state index contributed by atoms with van der Waals surface area (Å²) in [5.41, 5.74) is 0.865. The van der Waals surface area contributed by atoms with Gasteiger partial charge in [0.15, 0.2) is 0 Å². The largest absolute Gasteiger partial charge is 0.516 e. The minimum Gasteiger partial charge on any atom is -0.429 e. The first-order chi connectivity index (χ1) is 10.2. The van der Waals surface area contributed by atoms with Crippen molar-refractivity contribution in [3.63, 3.8) is 0 Å². The van der Waals surface area contributed by atoms with Gasteiger partial charge in [-0.3, -0.25) is 4.79 Å². The fourth-order valence-corrected chi connectivity index (χ4v) is 2.69. The van der Waals surface area contributed by atoms with Crippen LogP contribution in [-0.2, 0) is 20.9 Å². The Balaban J connectivity index is 1.61. The number of hydrogen-bond acceptors (Lipinski definition) is 4. The molecule has 0 saturated heterocycles. The topological polar surface area (TPSA) is 52.6 Å². The molecule has 0 radical (unpaired) electrons. The molecule has 114 valence electrons. The Kier molecular flexibility index (Phi) is 6.25. The van der Waals surface area contributed by atoms with E-state index in [1.165, 1.54) is 32.1 Å². The molecule has 0 aromatic heterocycles. The van der Waals surface area contributed by atoms with Gasteiger partial charge < -0.3 is 9.47 Å². The van der Waals surface area contributed by atoms with Crippen molar-refractivity contribution < 1.29 is 19.1 Å². The molecule has 0 N–H and O–H groups in total. The zero-order valence-electron chi connectivity index (χ0n) is 12.3. The number of rotatable bonds is 5. The first kappa shape index (κ1) is 15.5. The molecule has 0 amide bonds. The molecule has 1 fully saturated rings. The summed E-state index contributed by atoms with van der Waals surface area (Å²) in [7, 11) is 0. The third kappa shape index (κ3) is 5.98. The maximum atomic E-state index is 11.6. The average Bonchev–Trinajstić information content (AvgIpc) is 2.53. The summed E-state index contributed by atoms with van der Waals surface area (Å²) in [6.45, 7) is 0.121. The van der Waals surface area contributed by atoms with Gasteiger partial charge in [0.05, 0.1) is 0 Å². The number of benzene rings is 1. The zero-order valence-corrected chi connectivity index (χ0v) is 12.3. The minimum absolute atomic E-state index is 0.121. The predicted molar refractivity (Wildman–Crippen MR) is 78.5 cm³/mol. The molecule has 4 nitrogen and oxygen atoms in total. The molecule has 0 unspecified atom stereocenters.